The molecular formula is C15H15N3S. The first-order chi connectivity index (χ1) is 9.15. The molecule has 2 N–H and O–H groups in total. The van der Waals surface area contributed by atoms with Crippen molar-refractivity contribution < 1.29 is 0 Å². The van der Waals surface area contributed by atoms with Crippen LogP contribution in [-0.2, 0) is 12.1 Å². The summed E-state index contributed by atoms with van der Waals surface area (Å²) < 4.78 is 1.32. The van der Waals surface area contributed by atoms with Crippen molar-refractivity contribution in [3.8, 4) is 10.6 Å². The number of aromatic amines is 1. The van der Waals surface area contributed by atoms with Gasteiger partial charge in [0.25, 0.3) is 0 Å². The highest BCUT2D eigenvalue weighted by atomic mass is 32.1. The van der Waals surface area contributed by atoms with Crippen LogP contribution in [0.4, 0.5) is 0 Å². The maximum Gasteiger partial charge on any atom is 0.107 e. The van der Waals surface area contributed by atoms with Crippen molar-refractivity contribution >= 4 is 21.4 Å². The molecule has 1 aliphatic heterocycles. The van der Waals surface area contributed by atoms with Crippen molar-refractivity contribution in [1.29, 1.82) is 0 Å². The Morgan fingerprint density at radius 3 is 2.95 bits per heavy atom. The first-order valence-corrected chi connectivity index (χ1v) is 7.28. The molecule has 0 spiro atoms. The Labute approximate surface area is 115 Å². The largest absolute Gasteiger partial charge is 0.302 e. The standard InChI is InChI=1S/C15H15N3S/c1-15(2)14-10(8-16-15)13(17-18-14)12-7-9-5-3-4-6-11(9)19-12/h3-7,16H,8H2,1-2H3,(H,17,18). The second-order valence-electron chi connectivity index (χ2n) is 5.55. The SMILES string of the molecule is CC1(C)NCc2c(-c3cc4ccccc4s3)n[nH]c21. The molecule has 0 amide bonds. The van der Waals surface area contributed by atoms with Crippen molar-refractivity contribution in [2.24, 2.45) is 0 Å². The number of benzene rings is 1. The summed E-state index contributed by atoms with van der Waals surface area (Å²) in [7, 11) is 0. The Morgan fingerprint density at radius 1 is 1.26 bits per heavy atom. The van der Waals surface area contributed by atoms with Crippen LogP contribution in [0.5, 0.6) is 0 Å². The average molecular weight is 269 g/mol. The topological polar surface area (TPSA) is 40.7 Å². The number of thiophene rings is 1. The zero-order valence-corrected chi connectivity index (χ0v) is 11.8. The second kappa shape index (κ2) is 3.68. The molecule has 3 heterocycles. The number of hydrogen-bond acceptors (Lipinski definition) is 3. The molecule has 4 heteroatoms. The Balaban J connectivity index is 1.90. The van der Waals surface area contributed by atoms with Crippen molar-refractivity contribution in [2.75, 3.05) is 0 Å². The minimum Gasteiger partial charge on any atom is -0.302 e. The number of hydrogen-bond donors (Lipinski definition) is 2. The molecule has 0 aliphatic carbocycles. The van der Waals surface area contributed by atoms with Gasteiger partial charge in [0, 0.05) is 16.8 Å². The number of nitrogens with one attached hydrogen (secondary N) is 2. The number of nitrogens with zero attached hydrogens (tertiary/aromatic N) is 1. The zero-order valence-electron chi connectivity index (χ0n) is 10.9. The van der Waals surface area contributed by atoms with Gasteiger partial charge in [-0.2, -0.15) is 5.10 Å². The molecule has 0 radical (unpaired) electrons. The van der Waals surface area contributed by atoms with Crippen LogP contribution < -0.4 is 5.32 Å². The van der Waals surface area contributed by atoms with Crippen LogP contribution in [0.2, 0.25) is 0 Å². The summed E-state index contributed by atoms with van der Waals surface area (Å²) in [6.07, 6.45) is 0. The van der Waals surface area contributed by atoms with E-state index in [-0.39, 0.29) is 5.54 Å². The second-order valence-corrected chi connectivity index (χ2v) is 6.64. The van der Waals surface area contributed by atoms with Gasteiger partial charge in [-0.15, -0.1) is 11.3 Å². The summed E-state index contributed by atoms with van der Waals surface area (Å²) in [5.41, 5.74) is 3.64. The van der Waals surface area contributed by atoms with Gasteiger partial charge in [0.1, 0.15) is 5.69 Å². The fraction of sp³-hybridized carbons (Fsp3) is 0.267. The van der Waals surface area contributed by atoms with Crippen LogP contribution in [0.3, 0.4) is 0 Å². The van der Waals surface area contributed by atoms with Crippen LogP contribution in [0.25, 0.3) is 20.7 Å². The predicted octanol–water partition coefficient (Wildman–Crippen LogP) is 3.63. The Hall–Kier alpha value is -1.65. The fourth-order valence-electron chi connectivity index (χ4n) is 2.75. The highest BCUT2D eigenvalue weighted by Gasteiger charge is 2.34. The van der Waals surface area contributed by atoms with Gasteiger partial charge in [0.2, 0.25) is 0 Å². The van der Waals surface area contributed by atoms with Crippen LogP contribution >= 0.6 is 11.3 Å². The first-order valence-electron chi connectivity index (χ1n) is 6.47. The van der Waals surface area contributed by atoms with Gasteiger partial charge in [-0.25, -0.2) is 0 Å². The number of rotatable bonds is 1. The molecule has 0 atom stereocenters. The summed E-state index contributed by atoms with van der Waals surface area (Å²) in [5, 5.41) is 12.6. The molecule has 0 fully saturated rings. The van der Waals surface area contributed by atoms with E-state index >= 15 is 0 Å². The lowest BCUT2D eigenvalue weighted by molar-refractivity contribution is 0.429. The lowest BCUT2D eigenvalue weighted by Gasteiger charge is -2.17. The molecule has 1 aliphatic rings. The highest BCUT2D eigenvalue weighted by Crippen LogP contribution is 2.39. The molecule has 96 valence electrons. The Morgan fingerprint density at radius 2 is 2.11 bits per heavy atom. The summed E-state index contributed by atoms with van der Waals surface area (Å²) in [4.78, 5) is 1.25. The minimum atomic E-state index is -0.00271. The lowest BCUT2D eigenvalue weighted by atomic mass is 10.0. The highest BCUT2D eigenvalue weighted by molar-refractivity contribution is 7.22. The smallest absolute Gasteiger partial charge is 0.107 e. The third-order valence-corrected chi connectivity index (χ3v) is 4.98. The van der Waals surface area contributed by atoms with Crippen LogP contribution in [0.15, 0.2) is 30.3 Å². The zero-order chi connectivity index (χ0) is 13.0. The van der Waals surface area contributed by atoms with E-state index in [1.807, 2.05) is 11.3 Å². The number of fused-ring (bicyclic) bond motifs is 2. The van der Waals surface area contributed by atoms with Gasteiger partial charge in [0.05, 0.1) is 16.1 Å². The monoisotopic (exact) mass is 269 g/mol. The molecule has 0 bridgehead atoms. The summed E-state index contributed by atoms with van der Waals surface area (Å²) in [6.45, 7) is 5.26. The lowest BCUT2D eigenvalue weighted by Crippen LogP contribution is -2.29. The molecule has 3 nitrogen and oxygen atoms in total. The van der Waals surface area contributed by atoms with E-state index in [1.54, 1.807) is 0 Å². The van der Waals surface area contributed by atoms with Crippen molar-refractivity contribution in [3.05, 3.63) is 41.6 Å². The maximum atomic E-state index is 4.54. The van der Waals surface area contributed by atoms with Gasteiger partial charge in [0.15, 0.2) is 0 Å². The average Bonchev–Trinajstić information content (AvgIpc) is 3.05. The van der Waals surface area contributed by atoms with Crippen molar-refractivity contribution in [3.63, 3.8) is 0 Å². The molecule has 3 aromatic rings. The number of H-pyrrole nitrogens is 1. The molecule has 2 aromatic heterocycles. The van der Waals surface area contributed by atoms with Crippen LogP contribution in [-0.4, -0.2) is 10.2 Å². The summed E-state index contributed by atoms with van der Waals surface area (Å²) in [6, 6.07) is 10.7. The maximum absolute atomic E-state index is 4.54. The third-order valence-electron chi connectivity index (χ3n) is 3.86. The Bertz CT molecular complexity index is 734. The normalized spacial score (nSPS) is 16.9. The van der Waals surface area contributed by atoms with Crippen molar-refractivity contribution in [2.45, 2.75) is 25.9 Å². The van der Waals surface area contributed by atoms with Gasteiger partial charge in [-0.3, -0.25) is 5.10 Å². The summed E-state index contributed by atoms with van der Waals surface area (Å²) in [5.74, 6) is 0. The molecule has 0 unspecified atom stereocenters. The minimum absolute atomic E-state index is 0.00271. The van der Waals surface area contributed by atoms with Gasteiger partial charge in [-0.05, 0) is 31.4 Å². The Kier molecular flexibility index (Phi) is 2.17. The summed E-state index contributed by atoms with van der Waals surface area (Å²) >= 11 is 1.81. The van der Waals surface area contributed by atoms with E-state index in [4.69, 9.17) is 0 Å². The van der Waals surface area contributed by atoms with Gasteiger partial charge < -0.3 is 5.32 Å². The van der Waals surface area contributed by atoms with E-state index in [1.165, 1.54) is 26.2 Å². The van der Waals surface area contributed by atoms with E-state index < -0.39 is 0 Å². The van der Waals surface area contributed by atoms with Gasteiger partial charge >= 0.3 is 0 Å². The van der Waals surface area contributed by atoms with E-state index in [0.717, 1.165) is 12.2 Å². The predicted molar refractivity (Wildman–Crippen MR) is 79.3 cm³/mol. The van der Waals surface area contributed by atoms with E-state index in [9.17, 15) is 0 Å². The number of aromatic nitrogens is 2. The van der Waals surface area contributed by atoms with Crippen LogP contribution in [0.1, 0.15) is 25.1 Å². The molecule has 0 saturated carbocycles. The quantitative estimate of drug-likeness (QED) is 0.708. The fourth-order valence-corrected chi connectivity index (χ4v) is 3.83. The molecular weight excluding hydrogens is 254 g/mol. The first kappa shape index (κ1) is 11.2. The molecule has 4 rings (SSSR count). The van der Waals surface area contributed by atoms with E-state index in [0.29, 0.717) is 0 Å². The van der Waals surface area contributed by atoms with Crippen molar-refractivity contribution in [1.82, 2.24) is 15.5 Å². The van der Waals surface area contributed by atoms with E-state index in [2.05, 4.69) is 59.7 Å². The molecule has 19 heavy (non-hydrogen) atoms. The van der Waals surface area contributed by atoms with Gasteiger partial charge in [-0.1, -0.05) is 18.2 Å². The van der Waals surface area contributed by atoms with Crippen LogP contribution in [0, 0.1) is 0 Å². The molecule has 1 aromatic carbocycles. The molecule has 0 saturated heterocycles. The third kappa shape index (κ3) is 1.57.